The molecule has 0 spiro atoms. The highest BCUT2D eigenvalue weighted by molar-refractivity contribution is 7.99. The number of anilines is 1. The number of hydrogen-bond acceptors (Lipinski definition) is 7. The Hall–Kier alpha value is -1.38. The van der Waals surface area contributed by atoms with Crippen molar-refractivity contribution in [2.45, 2.75) is 57.4 Å². The van der Waals surface area contributed by atoms with Crippen molar-refractivity contribution in [2.75, 3.05) is 24.6 Å². The number of nitrogens with zero attached hydrogens (tertiary/aromatic N) is 3. The molecule has 8 heteroatoms. The summed E-state index contributed by atoms with van der Waals surface area (Å²) in [5, 5.41) is 1.63. The van der Waals surface area contributed by atoms with Gasteiger partial charge in [0.15, 0.2) is 5.16 Å². The molecule has 2 N–H and O–H groups in total. The number of thioether (sulfide) groups is 1. The quantitative estimate of drug-likeness (QED) is 0.623. The molecule has 0 saturated carbocycles. The van der Waals surface area contributed by atoms with Crippen LogP contribution in [-0.4, -0.2) is 51.8 Å². The summed E-state index contributed by atoms with van der Waals surface area (Å²) in [5.41, 5.74) is 7.62. The third kappa shape index (κ3) is 3.93. The van der Waals surface area contributed by atoms with E-state index in [1.54, 1.807) is 11.3 Å². The maximum Gasteiger partial charge on any atom is 0.233 e. The van der Waals surface area contributed by atoms with Gasteiger partial charge in [0.05, 0.1) is 23.3 Å². The van der Waals surface area contributed by atoms with Crippen molar-refractivity contribution in [3.8, 4) is 0 Å². The number of ether oxygens (including phenoxy) is 1. The molecule has 1 aliphatic heterocycles. The predicted octanol–water partition coefficient (Wildman–Crippen LogP) is 3.13. The number of fused-ring (bicyclic) bond motifs is 3. The van der Waals surface area contributed by atoms with Gasteiger partial charge < -0.3 is 15.4 Å². The molecule has 0 aromatic carbocycles. The molecule has 27 heavy (non-hydrogen) atoms. The van der Waals surface area contributed by atoms with Crippen LogP contribution in [0.15, 0.2) is 5.16 Å². The normalized spacial score (nSPS) is 25.6. The van der Waals surface area contributed by atoms with Crippen molar-refractivity contribution in [1.82, 2.24) is 14.9 Å². The highest BCUT2D eigenvalue weighted by Gasteiger charge is 2.27. The molecule has 2 aromatic rings. The van der Waals surface area contributed by atoms with Crippen LogP contribution in [0.1, 0.15) is 37.6 Å². The summed E-state index contributed by atoms with van der Waals surface area (Å²) in [6, 6.07) is 0. The summed E-state index contributed by atoms with van der Waals surface area (Å²) in [7, 11) is 0. The minimum atomic E-state index is 0.0748. The lowest BCUT2D eigenvalue weighted by Crippen LogP contribution is -2.48. The molecule has 0 bridgehead atoms. The van der Waals surface area contributed by atoms with Crippen LogP contribution in [0, 0.1) is 5.92 Å². The van der Waals surface area contributed by atoms with Crippen molar-refractivity contribution in [3.05, 3.63) is 10.4 Å². The fraction of sp³-hybridized carbons (Fsp3) is 0.632. The highest BCUT2D eigenvalue weighted by Crippen LogP contribution is 2.39. The fourth-order valence-corrected chi connectivity index (χ4v) is 6.22. The zero-order valence-electron chi connectivity index (χ0n) is 16.0. The number of hydrogen-bond donors (Lipinski definition) is 1. The summed E-state index contributed by atoms with van der Waals surface area (Å²) in [6.07, 6.45) is 3.50. The largest absolute Gasteiger partial charge is 0.383 e. The van der Waals surface area contributed by atoms with Crippen LogP contribution in [0.5, 0.6) is 0 Å². The molecule has 1 saturated heterocycles. The van der Waals surface area contributed by atoms with Gasteiger partial charge in [-0.25, -0.2) is 9.97 Å². The second-order valence-electron chi connectivity index (χ2n) is 7.77. The minimum Gasteiger partial charge on any atom is -0.383 e. The summed E-state index contributed by atoms with van der Waals surface area (Å²) >= 11 is 3.11. The van der Waals surface area contributed by atoms with Crippen molar-refractivity contribution < 1.29 is 9.53 Å². The third-order valence-electron chi connectivity index (χ3n) is 5.26. The summed E-state index contributed by atoms with van der Waals surface area (Å²) in [4.78, 5) is 26.0. The summed E-state index contributed by atoms with van der Waals surface area (Å²) < 4.78 is 5.70. The molecule has 2 aliphatic rings. The summed E-state index contributed by atoms with van der Waals surface area (Å²) in [6.45, 7) is 7.58. The van der Waals surface area contributed by atoms with Gasteiger partial charge in [0.25, 0.3) is 0 Å². The topological polar surface area (TPSA) is 81.3 Å². The number of carbonyl (C=O) groups is 1. The first kappa shape index (κ1) is 19.0. The Balaban J connectivity index is 1.49. The molecule has 1 aliphatic carbocycles. The Morgan fingerprint density at radius 3 is 2.78 bits per heavy atom. The first-order chi connectivity index (χ1) is 12.9. The lowest BCUT2D eigenvalue weighted by Gasteiger charge is -2.35. The van der Waals surface area contributed by atoms with Gasteiger partial charge in [-0.05, 0) is 44.6 Å². The van der Waals surface area contributed by atoms with Gasteiger partial charge in [0.2, 0.25) is 5.91 Å². The molecule has 4 rings (SSSR count). The van der Waals surface area contributed by atoms with Crippen LogP contribution >= 0.6 is 23.1 Å². The minimum absolute atomic E-state index is 0.0748. The molecular formula is C19H26N4O2S2. The van der Waals surface area contributed by atoms with Gasteiger partial charge in [0, 0.05) is 18.0 Å². The lowest BCUT2D eigenvalue weighted by molar-refractivity contribution is -0.140. The van der Waals surface area contributed by atoms with Gasteiger partial charge in [-0.1, -0.05) is 18.7 Å². The van der Waals surface area contributed by atoms with Gasteiger partial charge in [-0.15, -0.1) is 11.3 Å². The zero-order chi connectivity index (χ0) is 19.1. The standard InChI is InChI=1S/C19H26N4O2S2/c1-10-4-5-13-14(6-10)27-18-16(13)17(20)21-19(22-18)26-9-15(24)23-7-11(2)25-12(3)8-23/h10-12H,4-9H2,1-3H3,(H2,20,21,22). The number of aryl methyl sites for hydroxylation is 1. The maximum absolute atomic E-state index is 12.6. The number of thiophene rings is 1. The number of nitrogens with two attached hydrogens (primary N) is 1. The Kier molecular flexibility index (Phi) is 5.31. The fourth-order valence-electron chi connectivity index (χ4n) is 4.01. The molecule has 3 unspecified atom stereocenters. The van der Waals surface area contributed by atoms with Gasteiger partial charge in [-0.2, -0.15) is 0 Å². The van der Waals surface area contributed by atoms with E-state index in [-0.39, 0.29) is 18.1 Å². The van der Waals surface area contributed by atoms with E-state index in [4.69, 9.17) is 15.5 Å². The van der Waals surface area contributed by atoms with Crippen molar-refractivity contribution in [2.24, 2.45) is 5.92 Å². The Labute approximate surface area is 167 Å². The number of amides is 1. The van der Waals surface area contributed by atoms with Gasteiger partial charge in [0.1, 0.15) is 10.6 Å². The van der Waals surface area contributed by atoms with E-state index in [0.29, 0.717) is 35.7 Å². The van der Waals surface area contributed by atoms with Crippen LogP contribution in [-0.2, 0) is 22.4 Å². The molecule has 146 valence electrons. The molecule has 3 heterocycles. The number of carbonyl (C=O) groups excluding carboxylic acids is 1. The van der Waals surface area contributed by atoms with Gasteiger partial charge >= 0.3 is 0 Å². The molecule has 1 amide bonds. The highest BCUT2D eigenvalue weighted by atomic mass is 32.2. The van der Waals surface area contributed by atoms with E-state index in [9.17, 15) is 4.79 Å². The van der Waals surface area contributed by atoms with Crippen LogP contribution < -0.4 is 5.73 Å². The van der Waals surface area contributed by atoms with Crippen LogP contribution in [0.2, 0.25) is 0 Å². The first-order valence-electron chi connectivity index (χ1n) is 9.54. The molecular weight excluding hydrogens is 380 g/mol. The second-order valence-corrected chi connectivity index (χ2v) is 9.79. The lowest BCUT2D eigenvalue weighted by atomic mass is 9.89. The Bertz CT molecular complexity index is 859. The van der Waals surface area contributed by atoms with E-state index in [1.165, 1.54) is 28.6 Å². The molecule has 0 radical (unpaired) electrons. The number of nitrogen functional groups attached to an aromatic ring is 1. The number of rotatable bonds is 3. The van der Waals surface area contributed by atoms with E-state index >= 15 is 0 Å². The first-order valence-corrected chi connectivity index (χ1v) is 11.3. The van der Waals surface area contributed by atoms with E-state index in [2.05, 4.69) is 11.9 Å². The molecule has 1 fully saturated rings. The average Bonchev–Trinajstić information content (AvgIpc) is 2.96. The van der Waals surface area contributed by atoms with Crippen LogP contribution in [0.3, 0.4) is 0 Å². The van der Waals surface area contributed by atoms with E-state index in [1.807, 2.05) is 18.7 Å². The average molecular weight is 407 g/mol. The van der Waals surface area contributed by atoms with Crippen LogP contribution in [0.25, 0.3) is 10.2 Å². The SMILES string of the molecule is CC1CCc2c(sc3nc(SCC(=O)N4CC(C)OC(C)C4)nc(N)c23)C1. The third-order valence-corrected chi connectivity index (χ3v) is 7.24. The predicted molar refractivity (Wildman–Crippen MR) is 110 cm³/mol. The maximum atomic E-state index is 12.6. The van der Waals surface area contributed by atoms with Crippen LogP contribution in [0.4, 0.5) is 5.82 Å². The molecule has 2 aromatic heterocycles. The van der Waals surface area contributed by atoms with Crippen molar-refractivity contribution >= 4 is 45.0 Å². The second kappa shape index (κ2) is 7.56. The monoisotopic (exact) mass is 406 g/mol. The van der Waals surface area contributed by atoms with E-state index < -0.39 is 0 Å². The summed E-state index contributed by atoms with van der Waals surface area (Å²) in [5.74, 6) is 1.69. The molecule has 6 nitrogen and oxygen atoms in total. The number of aromatic nitrogens is 2. The Morgan fingerprint density at radius 2 is 2.04 bits per heavy atom. The number of morpholine rings is 1. The van der Waals surface area contributed by atoms with Gasteiger partial charge in [-0.3, -0.25) is 4.79 Å². The van der Waals surface area contributed by atoms with E-state index in [0.717, 1.165) is 23.1 Å². The zero-order valence-corrected chi connectivity index (χ0v) is 17.7. The Morgan fingerprint density at radius 1 is 1.30 bits per heavy atom. The molecule has 3 atom stereocenters. The van der Waals surface area contributed by atoms with Crippen molar-refractivity contribution in [1.29, 1.82) is 0 Å². The van der Waals surface area contributed by atoms with Crippen molar-refractivity contribution in [3.63, 3.8) is 0 Å². The smallest absolute Gasteiger partial charge is 0.233 e.